The van der Waals surface area contributed by atoms with Crippen molar-refractivity contribution in [3.8, 4) is 11.8 Å². The fraction of sp³-hybridized carbons (Fsp3) is 0.133. The maximum Gasteiger partial charge on any atom is 0.175 e. The van der Waals surface area contributed by atoms with Crippen molar-refractivity contribution in [2.45, 2.75) is 11.5 Å². The third-order valence-corrected chi connectivity index (χ3v) is 3.84. The summed E-state index contributed by atoms with van der Waals surface area (Å²) in [7, 11) is -3.19. The van der Waals surface area contributed by atoms with Crippen LogP contribution in [-0.2, 0) is 16.4 Å². The van der Waals surface area contributed by atoms with E-state index >= 15 is 0 Å². The van der Waals surface area contributed by atoms with Gasteiger partial charge in [0.1, 0.15) is 12.4 Å². The lowest BCUT2D eigenvalue weighted by Gasteiger charge is -2.07. The highest BCUT2D eigenvalue weighted by atomic mass is 32.2. The predicted molar refractivity (Wildman–Crippen MR) is 75.0 cm³/mol. The third-order valence-electron chi connectivity index (χ3n) is 2.71. The summed E-state index contributed by atoms with van der Waals surface area (Å²) in [4.78, 5) is 0.260. The molecule has 0 aliphatic rings. The summed E-state index contributed by atoms with van der Waals surface area (Å²) < 4.78 is 28.2. The molecule has 0 saturated carbocycles. The van der Waals surface area contributed by atoms with Crippen molar-refractivity contribution < 1.29 is 13.2 Å². The van der Waals surface area contributed by atoms with E-state index in [2.05, 4.69) is 6.07 Å². The molecule has 0 N–H and O–H groups in total. The molecule has 0 heterocycles. The van der Waals surface area contributed by atoms with Crippen molar-refractivity contribution in [2.24, 2.45) is 0 Å². The second-order valence-corrected chi connectivity index (χ2v) is 6.36. The predicted octanol–water partition coefficient (Wildman–Crippen LogP) is 2.54. The van der Waals surface area contributed by atoms with Crippen molar-refractivity contribution in [3.63, 3.8) is 0 Å². The van der Waals surface area contributed by atoms with Crippen LogP contribution in [0.4, 0.5) is 0 Å². The Morgan fingerprint density at radius 3 is 2.45 bits per heavy atom. The lowest BCUT2D eigenvalue weighted by atomic mass is 10.1. The first-order chi connectivity index (χ1) is 9.49. The average Bonchev–Trinajstić information content (AvgIpc) is 2.45. The summed E-state index contributed by atoms with van der Waals surface area (Å²) in [6.07, 6.45) is 1.16. The van der Waals surface area contributed by atoms with Gasteiger partial charge >= 0.3 is 0 Å². The van der Waals surface area contributed by atoms with E-state index in [-0.39, 0.29) is 4.90 Å². The van der Waals surface area contributed by atoms with Crippen molar-refractivity contribution >= 4 is 9.84 Å². The van der Waals surface area contributed by atoms with Crippen molar-refractivity contribution in [1.82, 2.24) is 0 Å². The van der Waals surface area contributed by atoms with E-state index in [4.69, 9.17) is 10.00 Å². The molecule has 0 fully saturated rings. The van der Waals surface area contributed by atoms with Gasteiger partial charge in [0.2, 0.25) is 0 Å². The van der Waals surface area contributed by atoms with Crippen LogP contribution in [-0.4, -0.2) is 14.7 Å². The van der Waals surface area contributed by atoms with Crippen LogP contribution in [0.3, 0.4) is 0 Å². The molecule has 0 bridgehead atoms. The standard InChI is InChI=1S/C15H13NO3S/c1-20(17,18)15-7-5-14(6-8-15)19-11-13-4-2-3-12(9-13)10-16/h2-9H,11H2,1H3. The number of ether oxygens (including phenoxy) is 1. The maximum atomic E-state index is 11.3. The van der Waals surface area contributed by atoms with E-state index in [1.54, 1.807) is 30.3 Å². The molecular weight excluding hydrogens is 274 g/mol. The molecule has 0 aromatic heterocycles. The first-order valence-corrected chi connectivity index (χ1v) is 7.80. The molecule has 0 aliphatic carbocycles. The van der Waals surface area contributed by atoms with Gasteiger partial charge in [-0.05, 0) is 42.0 Å². The van der Waals surface area contributed by atoms with Crippen molar-refractivity contribution in [3.05, 3.63) is 59.7 Å². The van der Waals surface area contributed by atoms with Crippen LogP contribution in [0.25, 0.3) is 0 Å². The molecule has 5 heteroatoms. The lowest BCUT2D eigenvalue weighted by molar-refractivity contribution is 0.306. The number of rotatable bonds is 4. The van der Waals surface area contributed by atoms with Crippen LogP contribution < -0.4 is 4.74 Å². The molecule has 0 aliphatic heterocycles. The van der Waals surface area contributed by atoms with E-state index in [1.807, 2.05) is 6.07 Å². The number of nitrogens with zero attached hydrogens (tertiary/aromatic N) is 1. The minimum atomic E-state index is -3.19. The highest BCUT2D eigenvalue weighted by molar-refractivity contribution is 7.90. The monoisotopic (exact) mass is 287 g/mol. The molecule has 0 unspecified atom stereocenters. The Kier molecular flexibility index (Phi) is 4.06. The zero-order valence-corrected chi connectivity index (χ0v) is 11.7. The molecule has 0 amide bonds. The highest BCUT2D eigenvalue weighted by Gasteiger charge is 2.06. The Labute approximate surface area is 118 Å². The van der Waals surface area contributed by atoms with Crippen molar-refractivity contribution in [2.75, 3.05) is 6.26 Å². The fourth-order valence-corrected chi connectivity index (χ4v) is 2.31. The second kappa shape index (κ2) is 5.76. The molecule has 0 saturated heterocycles. The van der Waals surface area contributed by atoms with Crippen LogP contribution in [0.2, 0.25) is 0 Å². The zero-order valence-electron chi connectivity index (χ0n) is 10.9. The number of sulfone groups is 1. The zero-order chi connectivity index (χ0) is 14.6. The number of benzene rings is 2. The van der Waals surface area contributed by atoms with Gasteiger partial charge in [0.25, 0.3) is 0 Å². The third kappa shape index (κ3) is 3.59. The van der Waals surface area contributed by atoms with E-state index < -0.39 is 9.84 Å². The molecule has 102 valence electrons. The molecule has 2 rings (SSSR count). The number of hydrogen-bond acceptors (Lipinski definition) is 4. The van der Waals surface area contributed by atoms with Gasteiger partial charge in [0.05, 0.1) is 16.5 Å². The van der Waals surface area contributed by atoms with Gasteiger partial charge in [-0.3, -0.25) is 0 Å². The Morgan fingerprint density at radius 2 is 1.85 bits per heavy atom. The molecule has 0 spiro atoms. The Morgan fingerprint density at radius 1 is 1.15 bits per heavy atom. The van der Waals surface area contributed by atoms with Gasteiger partial charge in [-0.1, -0.05) is 12.1 Å². The van der Waals surface area contributed by atoms with E-state index in [9.17, 15) is 8.42 Å². The molecule has 20 heavy (non-hydrogen) atoms. The Balaban J connectivity index is 2.06. The van der Waals surface area contributed by atoms with Crippen LogP contribution in [0.1, 0.15) is 11.1 Å². The van der Waals surface area contributed by atoms with E-state index in [0.29, 0.717) is 17.9 Å². The topological polar surface area (TPSA) is 67.2 Å². The average molecular weight is 287 g/mol. The van der Waals surface area contributed by atoms with E-state index in [1.165, 1.54) is 12.1 Å². The van der Waals surface area contributed by atoms with E-state index in [0.717, 1.165) is 11.8 Å². The second-order valence-electron chi connectivity index (χ2n) is 4.34. The molecule has 0 atom stereocenters. The van der Waals surface area contributed by atoms with Crippen LogP contribution in [0, 0.1) is 11.3 Å². The summed E-state index contributed by atoms with van der Waals surface area (Å²) in [6.45, 7) is 0.327. The highest BCUT2D eigenvalue weighted by Crippen LogP contribution is 2.17. The van der Waals surface area contributed by atoms with Gasteiger partial charge in [-0.2, -0.15) is 5.26 Å². The van der Waals surface area contributed by atoms with Crippen LogP contribution >= 0.6 is 0 Å². The number of hydrogen-bond donors (Lipinski definition) is 0. The quantitative estimate of drug-likeness (QED) is 0.866. The Bertz CT molecular complexity index is 743. The molecule has 2 aromatic rings. The summed E-state index contributed by atoms with van der Waals surface area (Å²) >= 11 is 0. The largest absolute Gasteiger partial charge is 0.489 e. The summed E-state index contributed by atoms with van der Waals surface area (Å²) in [5, 5.41) is 8.81. The first-order valence-electron chi connectivity index (χ1n) is 5.91. The summed E-state index contributed by atoms with van der Waals surface area (Å²) in [5.74, 6) is 0.583. The molecular formula is C15H13NO3S. The lowest BCUT2D eigenvalue weighted by Crippen LogP contribution is -1.98. The number of nitriles is 1. The SMILES string of the molecule is CS(=O)(=O)c1ccc(OCc2cccc(C#N)c2)cc1. The minimum absolute atomic E-state index is 0.260. The normalized spacial score (nSPS) is 10.8. The summed E-state index contributed by atoms with van der Waals surface area (Å²) in [5.41, 5.74) is 1.47. The van der Waals surface area contributed by atoms with Crippen LogP contribution in [0.5, 0.6) is 5.75 Å². The van der Waals surface area contributed by atoms with Crippen molar-refractivity contribution in [1.29, 1.82) is 5.26 Å². The Hall–Kier alpha value is -2.32. The summed E-state index contributed by atoms with van der Waals surface area (Å²) in [6, 6.07) is 15.5. The van der Waals surface area contributed by atoms with Gasteiger partial charge in [0.15, 0.2) is 9.84 Å². The van der Waals surface area contributed by atoms with Gasteiger partial charge in [-0.15, -0.1) is 0 Å². The van der Waals surface area contributed by atoms with Gasteiger partial charge in [-0.25, -0.2) is 8.42 Å². The van der Waals surface area contributed by atoms with Gasteiger partial charge in [0, 0.05) is 6.26 Å². The molecule has 2 aromatic carbocycles. The van der Waals surface area contributed by atoms with Gasteiger partial charge < -0.3 is 4.74 Å². The fourth-order valence-electron chi connectivity index (χ4n) is 1.68. The maximum absolute atomic E-state index is 11.3. The van der Waals surface area contributed by atoms with Crippen LogP contribution in [0.15, 0.2) is 53.4 Å². The molecule has 0 radical (unpaired) electrons. The minimum Gasteiger partial charge on any atom is -0.489 e. The molecule has 4 nitrogen and oxygen atoms in total. The smallest absolute Gasteiger partial charge is 0.175 e. The first kappa shape index (κ1) is 14.1.